The van der Waals surface area contributed by atoms with Crippen molar-refractivity contribution < 1.29 is 27.4 Å². The van der Waals surface area contributed by atoms with Crippen molar-refractivity contribution in [2.24, 2.45) is 0 Å². The van der Waals surface area contributed by atoms with E-state index in [1.807, 2.05) is 6.92 Å². The van der Waals surface area contributed by atoms with Crippen LogP contribution in [0, 0.1) is 0 Å². The number of rotatable bonds is 7. The predicted octanol–water partition coefficient (Wildman–Crippen LogP) is 2.42. The number of carbonyl (C=O) groups is 1. The summed E-state index contributed by atoms with van der Waals surface area (Å²) in [6.07, 6.45) is -3.20. The molecule has 4 nitrogen and oxygen atoms in total. The van der Waals surface area contributed by atoms with Crippen molar-refractivity contribution in [3.05, 3.63) is 0 Å². The van der Waals surface area contributed by atoms with Crippen molar-refractivity contribution >= 4 is 5.97 Å². The van der Waals surface area contributed by atoms with Gasteiger partial charge in [-0.25, -0.2) is 0 Å². The molecule has 0 aromatic carbocycles. The van der Waals surface area contributed by atoms with Crippen LogP contribution in [0.15, 0.2) is 0 Å². The van der Waals surface area contributed by atoms with Gasteiger partial charge >= 0.3 is 12.1 Å². The SMILES string of the molecule is CCCNC1(C(=O)OC)CCC(OCCC(F)(F)F)C1. The largest absolute Gasteiger partial charge is 0.468 e. The maximum atomic E-state index is 12.1. The summed E-state index contributed by atoms with van der Waals surface area (Å²) >= 11 is 0. The van der Waals surface area contributed by atoms with Gasteiger partial charge < -0.3 is 14.8 Å². The van der Waals surface area contributed by atoms with Crippen molar-refractivity contribution in [3.8, 4) is 0 Å². The van der Waals surface area contributed by atoms with Crippen molar-refractivity contribution in [2.45, 2.75) is 56.8 Å². The number of hydrogen-bond donors (Lipinski definition) is 1. The van der Waals surface area contributed by atoms with E-state index >= 15 is 0 Å². The monoisotopic (exact) mass is 297 g/mol. The minimum Gasteiger partial charge on any atom is -0.468 e. The van der Waals surface area contributed by atoms with E-state index < -0.39 is 18.1 Å². The van der Waals surface area contributed by atoms with E-state index in [-0.39, 0.29) is 18.7 Å². The van der Waals surface area contributed by atoms with Crippen LogP contribution in [0.25, 0.3) is 0 Å². The lowest BCUT2D eigenvalue weighted by Gasteiger charge is -2.27. The molecule has 1 aliphatic rings. The molecule has 20 heavy (non-hydrogen) atoms. The first-order valence-corrected chi connectivity index (χ1v) is 6.85. The first-order chi connectivity index (χ1) is 9.33. The fraction of sp³-hybridized carbons (Fsp3) is 0.923. The third-order valence-electron chi connectivity index (χ3n) is 3.50. The highest BCUT2D eigenvalue weighted by Crippen LogP contribution is 2.33. The van der Waals surface area contributed by atoms with Gasteiger partial charge in [-0.1, -0.05) is 6.92 Å². The number of halogens is 3. The minimum absolute atomic E-state index is 0.333. The van der Waals surface area contributed by atoms with Crippen LogP contribution in [0.5, 0.6) is 0 Å². The summed E-state index contributed by atoms with van der Waals surface area (Å²) in [7, 11) is 1.32. The molecular formula is C13H22F3NO3. The van der Waals surface area contributed by atoms with Crippen LogP contribution in [0.1, 0.15) is 39.0 Å². The summed E-state index contributed by atoms with van der Waals surface area (Å²) in [6, 6.07) is 0. The van der Waals surface area contributed by atoms with Crippen molar-refractivity contribution in [1.82, 2.24) is 5.32 Å². The molecule has 0 amide bonds. The van der Waals surface area contributed by atoms with Crippen LogP contribution < -0.4 is 5.32 Å². The van der Waals surface area contributed by atoms with Gasteiger partial charge in [-0.3, -0.25) is 4.79 Å². The van der Waals surface area contributed by atoms with Gasteiger partial charge in [0.05, 0.1) is 26.2 Å². The van der Waals surface area contributed by atoms with E-state index in [1.54, 1.807) is 0 Å². The molecule has 1 rings (SSSR count). The topological polar surface area (TPSA) is 47.6 Å². The number of alkyl halides is 3. The molecule has 1 N–H and O–H groups in total. The molecule has 0 bridgehead atoms. The molecule has 0 heterocycles. The van der Waals surface area contributed by atoms with Gasteiger partial charge in [0.25, 0.3) is 0 Å². The highest BCUT2D eigenvalue weighted by Gasteiger charge is 2.46. The standard InChI is InChI=1S/C13H22F3NO3/c1-3-7-17-12(11(18)19-2)5-4-10(9-12)20-8-6-13(14,15)16/h10,17H,3-9H2,1-2H3. The Balaban J connectivity index is 2.50. The number of nitrogens with one attached hydrogen (secondary N) is 1. The van der Waals surface area contributed by atoms with Gasteiger partial charge in [-0.2, -0.15) is 13.2 Å². The van der Waals surface area contributed by atoms with E-state index in [9.17, 15) is 18.0 Å². The van der Waals surface area contributed by atoms with E-state index in [0.717, 1.165) is 6.42 Å². The highest BCUT2D eigenvalue weighted by molar-refractivity contribution is 5.81. The van der Waals surface area contributed by atoms with Crippen LogP contribution in [-0.4, -0.2) is 44.0 Å². The zero-order valence-electron chi connectivity index (χ0n) is 11.9. The van der Waals surface area contributed by atoms with E-state index in [0.29, 0.717) is 25.8 Å². The Morgan fingerprint density at radius 2 is 2.15 bits per heavy atom. The lowest BCUT2D eigenvalue weighted by Crippen LogP contribution is -2.51. The quantitative estimate of drug-likeness (QED) is 0.733. The Morgan fingerprint density at radius 1 is 1.45 bits per heavy atom. The third kappa shape index (κ3) is 4.94. The second-order valence-corrected chi connectivity index (χ2v) is 5.10. The van der Waals surface area contributed by atoms with Crippen LogP contribution in [-0.2, 0) is 14.3 Å². The number of esters is 1. The molecule has 0 saturated heterocycles. The van der Waals surface area contributed by atoms with Crippen molar-refractivity contribution in [2.75, 3.05) is 20.3 Å². The average molecular weight is 297 g/mol. The number of ether oxygens (including phenoxy) is 2. The minimum atomic E-state index is -4.21. The lowest BCUT2D eigenvalue weighted by molar-refractivity contribution is -0.152. The van der Waals surface area contributed by atoms with E-state index in [4.69, 9.17) is 9.47 Å². The summed E-state index contributed by atoms with van der Waals surface area (Å²) in [4.78, 5) is 11.9. The average Bonchev–Trinajstić information content (AvgIpc) is 2.79. The molecule has 0 radical (unpaired) electrons. The zero-order chi connectivity index (χ0) is 15.2. The smallest absolute Gasteiger partial charge is 0.391 e. The molecule has 0 spiro atoms. The molecule has 0 aliphatic heterocycles. The van der Waals surface area contributed by atoms with Gasteiger partial charge in [-0.15, -0.1) is 0 Å². The van der Waals surface area contributed by atoms with Gasteiger partial charge in [0.1, 0.15) is 5.54 Å². The lowest BCUT2D eigenvalue weighted by atomic mass is 9.97. The first-order valence-electron chi connectivity index (χ1n) is 6.85. The Labute approximate surface area is 117 Å². The maximum absolute atomic E-state index is 12.1. The summed E-state index contributed by atoms with van der Waals surface area (Å²) in [6.45, 7) is 2.27. The molecular weight excluding hydrogens is 275 g/mol. The fourth-order valence-electron chi connectivity index (χ4n) is 2.46. The summed E-state index contributed by atoms with van der Waals surface area (Å²) in [5, 5.41) is 3.16. The van der Waals surface area contributed by atoms with Crippen LogP contribution in [0.4, 0.5) is 13.2 Å². The Bertz CT molecular complexity index is 322. The van der Waals surface area contributed by atoms with Gasteiger partial charge in [0.15, 0.2) is 0 Å². The molecule has 2 atom stereocenters. The number of carbonyl (C=O) groups excluding carboxylic acids is 1. The Hall–Kier alpha value is -0.820. The molecule has 1 saturated carbocycles. The number of hydrogen-bond acceptors (Lipinski definition) is 4. The van der Waals surface area contributed by atoms with Crippen molar-refractivity contribution in [1.29, 1.82) is 0 Å². The molecule has 1 aliphatic carbocycles. The van der Waals surface area contributed by atoms with Gasteiger partial charge in [0, 0.05) is 6.42 Å². The normalized spacial score (nSPS) is 26.8. The van der Waals surface area contributed by atoms with Crippen molar-refractivity contribution in [3.63, 3.8) is 0 Å². The molecule has 0 aromatic rings. The molecule has 7 heteroatoms. The Kier molecular flexibility index (Phi) is 6.26. The van der Waals surface area contributed by atoms with Crippen LogP contribution in [0.3, 0.4) is 0 Å². The zero-order valence-corrected chi connectivity index (χ0v) is 11.9. The van der Waals surface area contributed by atoms with E-state index in [1.165, 1.54) is 7.11 Å². The fourth-order valence-corrected chi connectivity index (χ4v) is 2.46. The summed E-state index contributed by atoms with van der Waals surface area (Å²) < 4.78 is 46.2. The number of methoxy groups -OCH3 is 1. The van der Waals surface area contributed by atoms with Crippen LogP contribution >= 0.6 is 0 Å². The molecule has 1 fully saturated rings. The molecule has 2 unspecified atom stereocenters. The predicted molar refractivity (Wildman–Crippen MR) is 67.3 cm³/mol. The van der Waals surface area contributed by atoms with Gasteiger partial charge in [-0.05, 0) is 25.8 Å². The summed E-state index contributed by atoms with van der Waals surface area (Å²) in [5.74, 6) is -0.368. The second kappa shape index (κ2) is 7.26. The van der Waals surface area contributed by atoms with E-state index in [2.05, 4.69) is 5.32 Å². The summed E-state index contributed by atoms with van der Waals surface area (Å²) in [5.41, 5.74) is -0.812. The molecule has 0 aromatic heterocycles. The Morgan fingerprint density at radius 3 is 2.70 bits per heavy atom. The second-order valence-electron chi connectivity index (χ2n) is 5.10. The third-order valence-corrected chi connectivity index (χ3v) is 3.50. The van der Waals surface area contributed by atoms with Crippen LogP contribution in [0.2, 0.25) is 0 Å². The maximum Gasteiger partial charge on any atom is 0.391 e. The highest BCUT2D eigenvalue weighted by atomic mass is 19.4. The first kappa shape index (κ1) is 17.2. The van der Waals surface area contributed by atoms with Gasteiger partial charge in [0.2, 0.25) is 0 Å². The molecule has 118 valence electrons.